The lowest BCUT2D eigenvalue weighted by molar-refractivity contribution is 0.845. The molecule has 220 valence electrons. The van der Waals surface area contributed by atoms with E-state index in [1.807, 2.05) is 0 Å². The molecule has 0 radical (unpaired) electrons. The molecule has 3 aliphatic rings. The van der Waals surface area contributed by atoms with E-state index in [1.165, 1.54) is 72.6 Å². The van der Waals surface area contributed by atoms with Gasteiger partial charge in [0.05, 0.1) is 0 Å². The number of nitrogens with one attached hydrogen (secondary N) is 1. The molecule has 0 aromatic heterocycles. The summed E-state index contributed by atoms with van der Waals surface area (Å²) in [6.07, 6.45) is 24.9. The molecule has 1 heteroatoms. The first-order chi connectivity index (χ1) is 21.6. The Morgan fingerprint density at radius 2 is 1.50 bits per heavy atom. The minimum Gasteiger partial charge on any atom is -0.358 e. The number of allylic oxidation sites excluding steroid dienone is 15. The van der Waals surface area contributed by atoms with Crippen molar-refractivity contribution in [1.82, 2.24) is 5.32 Å². The molecule has 0 aliphatic heterocycles. The summed E-state index contributed by atoms with van der Waals surface area (Å²) in [5.74, 6) is 0. The summed E-state index contributed by atoms with van der Waals surface area (Å²) < 4.78 is 0. The van der Waals surface area contributed by atoms with Crippen molar-refractivity contribution < 1.29 is 0 Å². The van der Waals surface area contributed by atoms with Gasteiger partial charge in [0.25, 0.3) is 0 Å². The van der Waals surface area contributed by atoms with E-state index in [4.69, 9.17) is 0 Å². The molecule has 0 atom stereocenters. The molecule has 0 saturated heterocycles. The molecule has 6 rings (SSSR count). The highest BCUT2D eigenvalue weighted by molar-refractivity contribution is 5.93. The van der Waals surface area contributed by atoms with Gasteiger partial charge >= 0.3 is 0 Å². The van der Waals surface area contributed by atoms with Crippen LogP contribution in [0.25, 0.3) is 22.3 Å². The lowest BCUT2D eigenvalue weighted by Gasteiger charge is -2.26. The molecule has 3 aliphatic carbocycles. The maximum Gasteiger partial charge on any atom is 0.0418 e. The highest BCUT2D eigenvalue weighted by atomic mass is 14.9. The monoisotopic (exact) mass is 573 g/mol. The van der Waals surface area contributed by atoms with Gasteiger partial charge < -0.3 is 5.32 Å². The van der Waals surface area contributed by atoms with Crippen LogP contribution in [-0.2, 0) is 0 Å². The molecule has 0 spiro atoms. The molecule has 0 bridgehead atoms. The molecule has 0 heterocycles. The molecular weight excluding hydrogens is 530 g/mol. The first-order valence-electron chi connectivity index (χ1n) is 16.2. The smallest absolute Gasteiger partial charge is 0.0418 e. The lowest BCUT2D eigenvalue weighted by atomic mass is 9.82. The van der Waals surface area contributed by atoms with Crippen LogP contribution in [0.5, 0.6) is 0 Å². The Balaban J connectivity index is 1.40. The molecule has 0 saturated carbocycles. The molecule has 0 amide bonds. The van der Waals surface area contributed by atoms with E-state index in [9.17, 15) is 0 Å². The third kappa shape index (κ3) is 6.33. The van der Waals surface area contributed by atoms with Crippen LogP contribution in [0.15, 0.2) is 150 Å². The molecule has 3 aromatic carbocycles. The fourth-order valence-corrected chi connectivity index (χ4v) is 6.72. The Morgan fingerprint density at radius 3 is 2.23 bits per heavy atom. The standard InChI is InChI=1S/C43H43N/c1-4-16-37(32(3)33-27-29-35(30-28-33)34-18-7-5-8-19-34)43-31(2)17-15-24-40(43)39-23-12-14-26-42(39)44-41-25-13-11-22-38(41)36-20-9-6-10-21-36/h4-11,15-24,26-27,29,44H,12-14,25,28,30H2,1-3H3/b16-4-,37-32+. The first-order valence-corrected chi connectivity index (χ1v) is 16.2. The van der Waals surface area contributed by atoms with Crippen molar-refractivity contribution in [2.24, 2.45) is 0 Å². The van der Waals surface area contributed by atoms with Gasteiger partial charge in [-0.15, -0.1) is 0 Å². The van der Waals surface area contributed by atoms with Crippen molar-refractivity contribution in [2.45, 2.75) is 59.3 Å². The van der Waals surface area contributed by atoms with Gasteiger partial charge in [-0.1, -0.05) is 127 Å². The SMILES string of the molecule is C/C=C\C(=C(\C)C1=CC=C(c2ccccc2)CC1)c1c(C)cccc1C1=CCCC=C1NC1=C(c2ccccc2)C=CCC1. The van der Waals surface area contributed by atoms with Crippen LogP contribution >= 0.6 is 0 Å². The largest absolute Gasteiger partial charge is 0.358 e. The van der Waals surface area contributed by atoms with Gasteiger partial charge in [0, 0.05) is 22.5 Å². The minimum absolute atomic E-state index is 1.02. The van der Waals surface area contributed by atoms with Gasteiger partial charge in [-0.25, -0.2) is 0 Å². The summed E-state index contributed by atoms with van der Waals surface area (Å²) in [5.41, 5.74) is 17.2. The van der Waals surface area contributed by atoms with Crippen LogP contribution in [0.2, 0.25) is 0 Å². The Labute approximate surface area is 264 Å². The highest BCUT2D eigenvalue weighted by Crippen LogP contribution is 2.40. The average molecular weight is 574 g/mol. The minimum atomic E-state index is 1.02. The van der Waals surface area contributed by atoms with Crippen molar-refractivity contribution >= 4 is 22.3 Å². The zero-order valence-electron chi connectivity index (χ0n) is 26.4. The van der Waals surface area contributed by atoms with Gasteiger partial charge in [0.2, 0.25) is 0 Å². The van der Waals surface area contributed by atoms with E-state index in [1.54, 1.807) is 0 Å². The van der Waals surface area contributed by atoms with Gasteiger partial charge in [-0.3, -0.25) is 0 Å². The fourth-order valence-electron chi connectivity index (χ4n) is 6.72. The fraction of sp³-hybridized carbons (Fsp3) is 0.209. The van der Waals surface area contributed by atoms with E-state index in [-0.39, 0.29) is 0 Å². The van der Waals surface area contributed by atoms with Gasteiger partial charge in [0.1, 0.15) is 0 Å². The molecule has 0 unspecified atom stereocenters. The van der Waals surface area contributed by atoms with E-state index >= 15 is 0 Å². The van der Waals surface area contributed by atoms with E-state index < -0.39 is 0 Å². The third-order valence-corrected chi connectivity index (χ3v) is 9.04. The van der Waals surface area contributed by atoms with Crippen LogP contribution in [0, 0.1) is 6.92 Å². The molecule has 3 aromatic rings. The van der Waals surface area contributed by atoms with Crippen LogP contribution in [0.3, 0.4) is 0 Å². The number of hydrogen-bond donors (Lipinski definition) is 1. The zero-order chi connectivity index (χ0) is 30.3. The predicted octanol–water partition coefficient (Wildman–Crippen LogP) is 11.6. The van der Waals surface area contributed by atoms with E-state index in [0.29, 0.717) is 0 Å². The molecule has 44 heavy (non-hydrogen) atoms. The lowest BCUT2D eigenvalue weighted by Crippen LogP contribution is -2.19. The van der Waals surface area contributed by atoms with E-state index in [0.717, 1.165) is 38.5 Å². The summed E-state index contributed by atoms with van der Waals surface area (Å²) in [5, 5.41) is 3.95. The quantitative estimate of drug-likeness (QED) is 0.264. The van der Waals surface area contributed by atoms with Crippen LogP contribution in [0.4, 0.5) is 0 Å². The maximum atomic E-state index is 3.95. The second-order valence-corrected chi connectivity index (χ2v) is 11.9. The van der Waals surface area contributed by atoms with Gasteiger partial charge in [-0.2, -0.15) is 0 Å². The topological polar surface area (TPSA) is 12.0 Å². The van der Waals surface area contributed by atoms with Crippen LogP contribution in [0.1, 0.15) is 80.2 Å². The number of hydrogen-bond acceptors (Lipinski definition) is 1. The summed E-state index contributed by atoms with van der Waals surface area (Å²) in [4.78, 5) is 0. The Kier molecular flexibility index (Phi) is 9.22. The van der Waals surface area contributed by atoms with Crippen molar-refractivity contribution in [3.8, 4) is 0 Å². The molecule has 1 nitrogen and oxygen atoms in total. The van der Waals surface area contributed by atoms with Gasteiger partial charge in [0.15, 0.2) is 0 Å². The summed E-state index contributed by atoms with van der Waals surface area (Å²) in [6, 6.07) is 28.4. The molecule has 0 fully saturated rings. The number of benzene rings is 3. The summed E-state index contributed by atoms with van der Waals surface area (Å²) >= 11 is 0. The zero-order valence-corrected chi connectivity index (χ0v) is 26.4. The summed E-state index contributed by atoms with van der Waals surface area (Å²) in [6.45, 7) is 6.71. The van der Waals surface area contributed by atoms with Crippen molar-refractivity contribution in [3.63, 3.8) is 0 Å². The third-order valence-electron chi connectivity index (χ3n) is 9.04. The maximum absolute atomic E-state index is 3.95. The second-order valence-electron chi connectivity index (χ2n) is 11.9. The molecule has 1 N–H and O–H groups in total. The number of aryl methyl sites for hydroxylation is 1. The van der Waals surface area contributed by atoms with Crippen molar-refractivity contribution in [1.29, 1.82) is 0 Å². The predicted molar refractivity (Wildman–Crippen MR) is 190 cm³/mol. The van der Waals surface area contributed by atoms with Crippen LogP contribution < -0.4 is 5.32 Å². The highest BCUT2D eigenvalue weighted by Gasteiger charge is 2.22. The van der Waals surface area contributed by atoms with E-state index in [2.05, 4.69) is 154 Å². The Bertz CT molecular complexity index is 1760. The van der Waals surface area contributed by atoms with Gasteiger partial charge in [-0.05, 0) is 109 Å². The summed E-state index contributed by atoms with van der Waals surface area (Å²) in [7, 11) is 0. The Hall–Kier alpha value is -4.62. The molecular formula is C43H43N. The van der Waals surface area contributed by atoms with Crippen LogP contribution in [-0.4, -0.2) is 0 Å². The number of rotatable bonds is 8. The first kappa shape index (κ1) is 29.5. The average Bonchev–Trinajstić information content (AvgIpc) is 3.08. The normalized spacial score (nSPS) is 17.5. The second kappa shape index (κ2) is 13.8. The van der Waals surface area contributed by atoms with Crippen molar-refractivity contribution in [3.05, 3.63) is 178 Å². The van der Waals surface area contributed by atoms with Crippen molar-refractivity contribution in [2.75, 3.05) is 0 Å². The Morgan fingerprint density at radius 1 is 0.750 bits per heavy atom.